The second kappa shape index (κ2) is 4.41. The molecular formula is C12H17BrN2S. The van der Waals surface area contributed by atoms with Gasteiger partial charge in [-0.1, -0.05) is 0 Å². The predicted octanol–water partition coefficient (Wildman–Crippen LogP) is 2.70. The number of hydrogen-bond donors (Lipinski definition) is 1. The molecule has 2 aliphatic heterocycles. The van der Waals surface area contributed by atoms with Gasteiger partial charge in [-0.3, -0.25) is 4.90 Å². The van der Waals surface area contributed by atoms with Crippen LogP contribution in [0.4, 0.5) is 0 Å². The average Bonchev–Trinajstić information content (AvgIpc) is 2.96. The molecule has 3 heterocycles. The van der Waals surface area contributed by atoms with E-state index in [0.29, 0.717) is 5.41 Å². The number of halogens is 1. The highest BCUT2D eigenvalue weighted by atomic mass is 79.9. The second-order valence-corrected chi connectivity index (χ2v) is 6.93. The Kier molecular flexibility index (Phi) is 3.09. The smallest absolute Gasteiger partial charge is 0.0339 e. The Hall–Kier alpha value is 0.1000. The molecule has 2 fully saturated rings. The minimum Gasteiger partial charge on any atom is -0.316 e. The first kappa shape index (κ1) is 11.2. The fraction of sp³-hybridized carbons (Fsp3) is 0.667. The molecule has 0 amide bonds. The molecule has 16 heavy (non-hydrogen) atoms. The van der Waals surface area contributed by atoms with Gasteiger partial charge in [0.2, 0.25) is 0 Å². The van der Waals surface area contributed by atoms with Crippen LogP contribution in [0.3, 0.4) is 0 Å². The second-order valence-electron chi connectivity index (χ2n) is 5.08. The Morgan fingerprint density at radius 2 is 2.44 bits per heavy atom. The van der Waals surface area contributed by atoms with Crippen LogP contribution >= 0.6 is 27.3 Å². The molecule has 88 valence electrons. The van der Waals surface area contributed by atoms with Crippen LogP contribution < -0.4 is 5.32 Å². The van der Waals surface area contributed by atoms with Gasteiger partial charge >= 0.3 is 0 Å². The van der Waals surface area contributed by atoms with Crippen LogP contribution in [0.25, 0.3) is 0 Å². The largest absolute Gasteiger partial charge is 0.316 e. The number of thiophene rings is 1. The van der Waals surface area contributed by atoms with E-state index in [4.69, 9.17) is 0 Å². The van der Waals surface area contributed by atoms with E-state index in [2.05, 4.69) is 37.6 Å². The number of nitrogens with zero attached hydrogens (tertiary/aromatic N) is 1. The van der Waals surface area contributed by atoms with E-state index in [1.54, 1.807) is 0 Å². The summed E-state index contributed by atoms with van der Waals surface area (Å²) < 4.78 is 1.28. The van der Waals surface area contributed by atoms with E-state index in [9.17, 15) is 0 Å². The number of likely N-dealkylation sites (tertiary alicyclic amines) is 1. The SMILES string of the molecule is Brc1ccsc1CN1CCC2(CCNC2)C1. The lowest BCUT2D eigenvalue weighted by Gasteiger charge is -2.22. The van der Waals surface area contributed by atoms with Gasteiger partial charge < -0.3 is 5.32 Å². The van der Waals surface area contributed by atoms with E-state index in [1.807, 2.05) is 11.3 Å². The first-order valence-electron chi connectivity index (χ1n) is 5.92. The molecule has 0 bridgehead atoms. The summed E-state index contributed by atoms with van der Waals surface area (Å²) in [6, 6.07) is 2.16. The van der Waals surface area contributed by atoms with Gasteiger partial charge in [0.25, 0.3) is 0 Å². The maximum absolute atomic E-state index is 3.62. The fourth-order valence-corrected chi connectivity index (χ4v) is 4.47. The van der Waals surface area contributed by atoms with Crippen LogP contribution in [0, 0.1) is 5.41 Å². The van der Waals surface area contributed by atoms with Crippen LogP contribution in [0.5, 0.6) is 0 Å². The summed E-state index contributed by atoms with van der Waals surface area (Å²) in [7, 11) is 0. The zero-order valence-electron chi connectivity index (χ0n) is 9.34. The first-order chi connectivity index (χ1) is 7.77. The molecule has 1 aromatic rings. The maximum Gasteiger partial charge on any atom is 0.0339 e. The van der Waals surface area contributed by atoms with Crippen LogP contribution in [-0.4, -0.2) is 31.1 Å². The molecule has 1 N–H and O–H groups in total. The van der Waals surface area contributed by atoms with Crippen molar-refractivity contribution in [2.75, 3.05) is 26.2 Å². The quantitative estimate of drug-likeness (QED) is 0.903. The van der Waals surface area contributed by atoms with Gasteiger partial charge in [0.1, 0.15) is 0 Å². The molecule has 1 aromatic heterocycles. The lowest BCUT2D eigenvalue weighted by Crippen LogP contribution is -2.28. The molecular weight excluding hydrogens is 284 g/mol. The Bertz CT molecular complexity index is 371. The van der Waals surface area contributed by atoms with E-state index in [1.165, 1.54) is 48.4 Å². The van der Waals surface area contributed by atoms with Crippen LogP contribution in [0.1, 0.15) is 17.7 Å². The van der Waals surface area contributed by atoms with Gasteiger partial charge in [-0.15, -0.1) is 11.3 Å². The van der Waals surface area contributed by atoms with Crippen molar-refractivity contribution < 1.29 is 0 Å². The zero-order chi connectivity index (χ0) is 11.0. The molecule has 2 nitrogen and oxygen atoms in total. The monoisotopic (exact) mass is 300 g/mol. The summed E-state index contributed by atoms with van der Waals surface area (Å²) in [4.78, 5) is 4.09. The first-order valence-corrected chi connectivity index (χ1v) is 7.60. The lowest BCUT2D eigenvalue weighted by atomic mass is 9.87. The van der Waals surface area contributed by atoms with Crippen molar-refractivity contribution in [3.8, 4) is 0 Å². The molecule has 1 unspecified atom stereocenters. The highest BCUT2D eigenvalue weighted by Crippen LogP contribution is 2.37. The predicted molar refractivity (Wildman–Crippen MR) is 71.8 cm³/mol. The Balaban J connectivity index is 1.64. The maximum atomic E-state index is 3.62. The molecule has 0 aliphatic carbocycles. The third-order valence-corrected chi connectivity index (χ3v) is 5.82. The Morgan fingerprint density at radius 3 is 3.12 bits per heavy atom. The normalized spacial score (nSPS) is 30.6. The van der Waals surface area contributed by atoms with E-state index in [-0.39, 0.29) is 0 Å². The summed E-state index contributed by atoms with van der Waals surface area (Å²) >= 11 is 5.48. The number of nitrogens with one attached hydrogen (secondary N) is 1. The van der Waals surface area contributed by atoms with Crippen LogP contribution in [0.15, 0.2) is 15.9 Å². The topological polar surface area (TPSA) is 15.3 Å². The van der Waals surface area contributed by atoms with Gasteiger partial charge in [0, 0.05) is 29.0 Å². The van der Waals surface area contributed by atoms with E-state index >= 15 is 0 Å². The van der Waals surface area contributed by atoms with Crippen molar-refractivity contribution in [3.63, 3.8) is 0 Å². The van der Waals surface area contributed by atoms with Crippen molar-refractivity contribution in [1.82, 2.24) is 10.2 Å². The summed E-state index contributed by atoms with van der Waals surface area (Å²) in [6.45, 7) is 6.13. The number of hydrogen-bond acceptors (Lipinski definition) is 3. The van der Waals surface area contributed by atoms with Gasteiger partial charge in [-0.25, -0.2) is 0 Å². The van der Waals surface area contributed by atoms with E-state index in [0.717, 1.165) is 6.54 Å². The molecule has 2 aliphatic rings. The van der Waals surface area contributed by atoms with Gasteiger partial charge in [0.05, 0.1) is 0 Å². The highest BCUT2D eigenvalue weighted by Gasteiger charge is 2.40. The molecule has 1 atom stereocenters. The number of rotatable bonds is 2. The van der Waals surface area contributed by atoms with Crippen LogP contribution in [-0.2, 0) is 6.54 Å². The zero-order valence-corrected chi connectivity index (χ0v) is 11.7. The highest BCUT2D eigenvalue weighted by molar-refractivity contribution is 9.10. The minimum absolute atomic E-state index is 0.601. The van der Waals surface area contributed by atoms with Gasteiger partial charge in [-0.2, -0.15) is 0 Å². The van der Waals surface area contributed by atoms with Gasteiger partial charge in [0.15, 0.2) is 0 Å². The van der Waals surface area contributed by atoms with Crippen molar-refractivity contribution in [1.29, 1.82) is 0 Å². The summed E-state index contributed by atoms with van der Waals surface area (Å²) in [5.41, 5.74) is 0.601. The molecule has 0 saturated carbocycles. The Morgan fingerprint density at radius 1 is 1.50 bits per heavy atom. The van der Waals surface area contributed by atoms with Crippen molar-refractivity contribution in [2.24, 2.45) is 5.41 Å². The Labute approximate surface area is 109 Å². The molecule has 3 rings (SSSR count). The molecule has 1 spiro atoms. The summed E-state index contributed by atoms with van der Waals surface area (Å²) in [5.74, 6) is 0. The summed E-state index contributed by atoms with van der Waals surface area (Å²) in [5, 5.41) is 5.68. The van der Waals surface area contributed by atoms with Crippen molar-refractivity contribution >= 4 is 27.3 Å². The third kappa shape index (κ3) is 2.08. The summed E-state index contributed by atoms with van der Waals surface area (Å²) in [6.07, 6.45) is 2.75. The molecule has 0 radical (unpaired) electrons. The standard InChI is InChI=1S/C12H17BrN2S/c13-10-1-6-16-11(10)7-15-5-3-12(9-15)2-4-14-8-12/h1,6,14H,2-5,7-9H2. The lowest BCUT2D eigenvalue weighted by molar-refractivity contribution is 0.270. The molecule has 0 aromatic carbocycles. The van der Waals surface area contributed by atoms with Crippen molar-refractivity contribution in [2.45, 2.75) is 19.4 Å². The minimum atomic E-state index is 0.601. The molecule has 4 heteroatoms. The fourth-order valence-electron chi connectivity index (χ4n) is 2.95. The van der Waals surface area contributed by atoms with Gasteiger partial charge in [-0.05, 0) is 58.7 Å². The third-order valence-electron chi connectivity index (χ3n) is 3.91. The molecule has 2 saturated heterocycles. The van der Waals surface area contributed by atoms with Crippen molar-refractivity contribution in [3.05, 3.63) is 20.8 Å². The van der Waals surface area contributed by atoms with E-state index < -0.39 is 0 Å². The van der Waals surface area contributed by atoms with Crippen LogP contribution in [0.2, 0.25) is 0 Å². The average molecular weight is 301 g/mol.